The molecular formula is C7H8O3. The van der Waals surface area contributed by atoms with Crippen molar-refractivity contribution in [1.29, 1.82) is 0 Å². The second-order valence-electron chi connectivity index (χ2n) is 2.34. The average Bonchev–Trinajstić information content (AvgIpc) is 1.96. The molecule has 0 fully saturated rings. The molecule has 3 nitrogen and oxygen atoms in total. The lowest BCUT2D eigenvalue weighted by Gasteiger charge is -2.18. The predicted molar refractivity (Wildman–Crippen MR) is 35.4 cm³/mol. The molecule has 10 heavy (non-hydrogen) atoms. The third-order valence-electron chi connectivity index (χ3n) is 1.35. The van der Waals surface area contributed by atoms with Crippen LogP contribution in [0.1, 0.15) is 6.92 Å². The van der Waals surface area contributed by atoms with Gasteiger partial charge in [-0.1, -0.05) is 0 Å². The molecule has 0 heterocycles. The number of carbonyl (C=O) groups excluding carboxylic acids is 1. The van der Waals surface area contributed by atoms with Crippen molar-refractivity contribution in [2.75, 3.05) is 0 Å². The molecule has 0 aromatic carbocycles. The number of hydrogen-bond acceptors (Lipinski definition) is 3. The summed E-state index contributed by atoms with van der Waals surface area (Å²) in [6.45, 7) is 1.65. The number of allylic oxidation sites excluding steroid dienone is 2. The molecule has 0 atom stereocenters. The maximum atomic E-state index is 10.6. The van der Waals surface area contributed by atoms with Crippen LogP contribution in [0.25, 0.3) is 0 Å². The standard InChI is InChI=1S/C7H8O3/c1-7(10-9)4-2-6(8)3-5-7/h2-5,9H,1H3. The zero-order chi connectivity index (χ0) is 7.61. The summed E-state index contributed by atoms with van der Waals surface area (Å²) in [5, 5.41) is 8.32. The Kier molecular flexibility index (Phi) is 1.70. The van der Waals surface area contributed by atoms with Gasteiger partial charge in [0.15, 0.2) is 5.78 Å². The fourth-order valence-corrected chi connectivity index (χ4v) is 0.667. The topological polar surface area (TPSA) is 46.5 Å². The SMILES string of the molecule is CC1(OO)C=CC(=O)C=C1. The van der Waals surface area contributed by atoms with E-state index in [4.69, 9.17) is 5.26 Å². The molecule has 0 spiro atoms. The molecule has 0 aliphatic heterocycles. The van der Waals surface area contributed by atoms with Crippen molar-refractivity contribution >= 4 is 5.78 Å². The summed E-state index contributed by atoms with van der Waals surface area (Å²) >= 11 is 0. The van der Waals surface area contributed by atoms with Crippen LogP contribution < -0.4 is 0 Å². The summed E-state index contributed by atoms with van der Waals surface area (Å²) in [6, 6.07) is 0. The van der Waals surface area contributed by atoms with Crippen molar-refractivity contribution in [3.05, 3.63) is 24.3 Å². The minimum Gasteiger partial charge on any atom is -0.290 e. The molecule has 0 aromatic heterocycles. The number of hydrogen-bond donors (Lipinski definition) is 1. The first-order valence-corrected chi connectivity index (χ1v) is 2.91. The normalized spacial score (nSPS) is 21.6. The molecule has 54 valence electrons. The Labute approximate surface area is 58.5 Å². The van der Waals surface area contributed by atoms with E-state index in [2.05, 4.69) is 4.89 Å². The van der Waals surface area contributed by atoms with E-state index in [-0.39, 0.29) is 5.78 Å². The zero-order valence-electron chi connectivity index (χ0n) is 5.57. The van der Waals surface area contributed by atoms with E-state index < -0.39 is 5.60 Å². The van der Waals surface area contributed by atoms with E-state index in [1.807, 2.05) is 0 Å². The van der Waals surface area contributed by atoms with Gasteiger partial charge in [0, 0.05) is 0 Å². The van der Waals surface area contributed by atoms with Crippen LogP contribution in [0.2, 0.25) is 0 Å². The fraction of sp³-hybridized carbons (Fsp3) is 0.286. The Morgan fingerprint density at radius 3 is 2.40 bits per heavy atom. The molecule has 0 aromatic rings. The van der Waals surface area contributed by atoms with Gasteiger partial charge < -0.3 is 0 Å². The highest BCUT2D eigenvalue weighted by atomic mass is 17.1. The van der Waals surface area contributed by atoms with E-state index in [0.717, 1.165) is 0 Å². The summed E-state index contributed by atoms with van der Waals surface area (Å²) in [5.41, 5.74) is -0.825. The van der Waals surface area contributed by atoms with Crippen LogP contribution in [0.15, 0.2) is 24.3 Å². The van der Waals surface area contributed by atoms with Gasteiger partial charge in [-0.2, -0.15) is 0 Å². The summed E-state index contributed by atoms with van der Waals surface area (Å²) < 4.78 is 0. The average molecular weight is 140 g/mol. The van der Waals surface area contributed by atoms with Crippen molar-refractivity contribution in [3.8, 4) is 0 Å². The summed E-state index contributed by atoms with van der Waals surface area (Å²) in [4.78, 5) is 14.7. The van der Waals surface area contributed by atoms with Crippen LogP contribution >= 0.6 is 0 Å². The van der Waals surface area contributed by atoms with Crippen molar-refractivity contribution in [2.24, 2.45) is 0 Å². The second kappa shape index (κ2) is 2.36. The molecule has 0 radical (unpaired) electrons. The number of rotatable bonds is 1. The number of carbonyl (C=O) groups is 1. The minimum absolute atomic E-state index is 0.0884. The van der Waals surface area contributed by atoms with E-state index in [9.17, 15) is 4.79 Å². The van der Waals surface area contributed by atoms with Gasteiger partial charge in [0.25, 0.3) is 0 Å². The van der Waals surface area contributed by atoms with Crippen molar-refractivity contribution in [3.63, 3.8) is 0 Å². The van der Waals surface area contributed by atoms with Crippen LogP contribution in [0.3, 0.4) is 0 Å². The zero-order valence-corrected chi connectivity index (χ0v) is 5.57. The highest BCUT2D eigenvalue weighted by Gasteiger charge is 2.20. The van der Waals surface area contributed by atoms with Gasteiger partial charge in [-0.3, -0.25) is 10.1 Å². The van der Waals surface area contributed by atoms with Gasteiger partial charge in [0.2, 0.25) is 0 Å². The molecule has 3 heteroatoms. The van der Waals surface area contributed by atoms with Gasteiger partial charge in [0.1, 0.15) is 5.60 Å². The molecule has 1 aliphatic carbocycles. The second-order valence-corrected chi connectivity index (χ2v) is 2.34. The minimum atomic E-state index is -0.825. The first-order valence-electron chi connectivity index (χ1n) is 2.91. The highest BCUT2D eigenvalue weighted by Crippen LogP contribution is 2.15. The molecule has 0 saturated carbocycles. The van der Waals surface area contributed by atoms with Gasteiger partial charge >= 0.3 is 0 Å². The molecule has 1 rings (SSSR count). The molecular weight excluding hydrogens is 132 g/mol. The first kappa shape index (κ1) is 7.18. The Morgan fingerprint density at radius 2 is 2.00 bits per heavy atom. The third-order valence-corrected chi connectivity index (χ3v) is 1.35. The van der Waals surface area contributed by atoms with Gasteiger partial charge in [-0.25, -0.2) is 4.89 Å². The predicted octanol–water partition coefficient (Wildman–Crippen LogP) is 0.930. The van der Waals surface area contributed by atoms with E-state index >= 15 is 0 Å². The quantitative estimate of drug-likeness (QED) is 0.435. The van der Waals surface area contributed by atoms with E-state index in [1.165, 1.54) is 24.3 Å². The Morgan fingerprint density at radius 1 is 1.50 bits per heavy atom. The monoisotopic (exact) mass is 140 g/mol. The fourth-order valence-electron chi connectivity index (χ4n) is 0.667. The molecule has 0 saturated heterocycles. The lowest BCUT2D eigenvalue weighted by atomic mass is 10.0. The maximum Gasteiger partial charge on any atom is 0.178 e. The van der Waals surface area contributed by atoms with Crippen molar-refractivity contribution in [1.82, 2.24) is 0 Å². The lowest BCUT2D eigenvalue weighted by Crippen LogP contribution is -2.24. The van der Waals surface area contributed by atoms with Gasteiger partial charge in [-0.05, 0) is 31.2 Å². The van der Waals surface area contributed by atoms with Crippen LogP contribution in [-0.4, -0.2) is 16.6 Å². The molecule has 1 N–H and O–H groups in total. The van der Waals surface area contributed by atoms with Crippen LogP contribution in [0, 0.1) is 0 Å². The number of ketones is 1. The van der Waals surface area contributed by atoms with Crippen molar-refractivity contribution in [2.45, 2.75) is 12.5 Å². The van der Waals surface area contributed by atoms with Crippen LogP contribution in [-0.2, 0) is 9.68 Å². The largest absolute Gasteiger partial charge is 0.290 e. The molecule has 1 aliphatic rings. The van der Waals surface area contributed by atoms with E-state index in [1.54, 1.807) is 6.92 Å². The Bertz CT molecular complexity index is 187. The van der Waals surface area contributed by atoms with Gasteiger partial charge in [0.05, 0.1) is 0 Å². The van der Waals surface area contributed by atoms with Crippen molar-refractivity contribution < 1.29 is 14.9 Å². The first-order chi connectivity index (χ1) is 4.66. The smallest absolute Gasteiger partial charge is 0.178 e. The van der Waals surface area contributed by atoms with Gasteiger partial charge in [-0.15, -0.1) is 0 Å². The molecule has 0 unspecified atom stereocenters. The molecule has 0 bridgehead atoms. The lowest BCUT2D eigenvalue weighted by molar-refractivity contribution is -0.287. The summed E-state index contributed by atoms with van der Waals surface area (Å²) in [5.74, 6) is -0.0884. The Balaban J connectivity index is 2.78. The summed E-state index contributed by atoms with van der Waals surface area (Å²) in [7, 11) is 0. The van der Waals surface area contributed by atoms with E-state index in [0.29, 0.717) is 0 Å². The Hall–Kier alpha value is -0.930. The third kappa shape index (κ3) is 1.32. The molecule has 0 amide bonds. The highest BCUT2D eigenvalue weighted by molar-refractivity contribution is 6.00. The van der Waals surface area contributed by atoms with Crippen LogP contribution in [0.4, 0.5) is 0 Å². The summed E-state index contributed by atoms with van der Waals surface area (Å²) in [6.07, 6.45) is 5.71. The maximum absolute atomic E-state index is 10.6. The van der Waals surface area contributed by atoms with Crippen LogP contribution in [0.5, 0.6) is 0 Å².